The normalized spacial score (nSPS) is 12.9. The highest BCUT2D eigenvalue weighted by atomic mass is 16.5. The van der Waals surface area contributed by atoms with E-state index in [-0.39, 0.29) is 25.1 Å². The van der Waals surface area contributed by atoms with Crippen LogP contribution < -0.4 is 20.1 Å². The number of amides is 1. The molecular weight excluding hydrogens is 332 g/mol. The largest absolute Gasteiger partial charge is 0.497 e. The molecule has 0 aliphatic heterocycles. The van der Waals surface area contributed by atoms with E-state index in [4.69, 9.17) is 9.47 Å². The van der Waals surface area contributed by atoms with Crippen LogP contribution in [0.3, 0.4) is 0 Å². The van der Waals surface area contributed by atoms with Crippen molar-refractivity contribution in [1.82, 2.24) is 10.6 Å². The third kappa shape index (κ3) is 7.13. The molecule has 0 radical (unpaired) electrons. The van der Waals surface area contributed by atoms with Gasteiger partial charge in [0.1, 0.15) is 24.2 Å². The number of methoxy groups -OCH3 is 1. The highest BCUT2D eigenvalue weighted by molar-refractivity contribution is 5.78. The number of nitrogens with one attached hydrogen (secondary N) is 2. The van der Waals surface area contributed by atoms with E-state index in [2.05, 4.69) is 10.6 Å². The number of carbonyl (C=O) groups is 1. The Balaban J connectivity index is 1.65. The van der Waals surface area contributed by atoms with Crippen molar-refractivity contribution in [2.75, 3.05) is 20.3 Å². The van der Waals surface area contributed by atoms with Crippen molar-refractivity contribution < 1.29 is 19.4 Å². The predicted molar refractivity (Wildman–Crippen MR) is 100 cm³/mol. The molecule has 0 aromatic heterocycles. The molecule has 0 saturated heterocycles. The van der Waals surface area contributed by atoms with E-state index in [1.165, 1.54) is 0 Å². The maximum absolute atomic E-state index is 12.1. The van der Waals surface area contributed by atoms with Gasteiger partial charge in [-0.15, -0.1) is 0 Å². The number of aliphatic hydroxyl groups is 1. The summed E-state index contributed by atoms with van der Waals surface area (Å²) in [5.74, 6) is 1.38. The molecule has 0 aliphatic rings. The summed E-state index contributed by atoms with van der Waals surface area (Å²) in [5.41, 5.74) is 0.909. The van der Waals surface area contributed by atoms with E-state index in [0.717, 1.165) is 11.3 Å². The number of ether oxygens (including phenoxy) is 2. The van der Waals surface area contributed by atoms with E-state index in [1.54, 1.807) is 7.11 Å². The molecule has 0 spiro atoms. The Bertz CT molecular complexity index is 661. The van der Waals surface area contributed by atoms with E-state index < -0.39 is 6.10 Å². The molecule has 26 heavy (non-hydrogen) atoms. The van der Waals surface area contributed by atoms with Crippen LogP contribution in [0, 0.1) is 0 Å². The first kappa shape index (κ1) is 19.8. The van der Waals surface area contributed by atoms with Crippen LogP contribution in [-0.2, 0) is 11.2 Å². The van der Waals surface area contributed by atoms with Gasteiger partial charge in [0, 0.05) is 6.54 Å². The van der Waals surface area contributed by atoms with Gasteiger partial charge in [0.05, 0.1) is 19.7 Å². The number of benzene rings is 2. The van der Waals surface area contributed by atoms with Crippen LogP contribution in [0.15, 0.2) is 54.6 Å². The molecule has 2 unspecified atom stereocenters. The van der Waals surface area contributed by atoms with E-state index in [0.29, 0.717) is 12.3 Å². The average Bonchev–Trinajstić information content (AvgIpc) is 2.66. The highest BCUT2D eigenvalue weighted by Crippen LogP contribution is 2.11. The van der Waals surface area contributed by atoms with Crippen molar-refractivity contribution in [2.45, 2.75) is 25.6 Å². The Morgan fingerprint density at radius 1 is 1.08 bits per heavy atom. The van der Waals surface area contributed by atoms with Crippen molar-refractivity contribution >= 4 is 5.91 Å². The molecule has 2 atom stereocenters. The van der Waals surface area contributed by atoms with Gasteiger partial charge in [-0.25, -0.2) is 0 Å². The minimum Gasteiger partial charge on any atom is -0.497 e. The monoisotopic (exact) mass is 358 g/mol. The lowest BCUT2D eigenvalue weighted by atomic mass is 10.1. The maximum atomic E-state index is 12.1. The van der Waals surface area contributed by atoms with E-state index in [1.807, 2.05) is 61.5 Å². The molecule has 6 nitrogen and oxygen atoms in total. The van der Waals surface area contributed by atoms with Gasteiger partial charge in [-0.3, -0.25) is 10.1 Å². The molecule has 3 N–H and O–H groups in total. The first-order valence-corrected chi connectivity index (χ1v) is 8.58. The number of aliphatic hydroxyl groups excluding tert-OH is 1. The zero-order valence-corrected chi connectivity index (χ0v) is 15.1. The van der Waals surface area contributed by atoms with Crippen molar-refractivity contribution in [3.05, 3.63) is 60.2 Å². The fraction of sp³-hybridized carbons (Fsp3) is 0.350. The summed E-state index contributed by atoms with van der Waals surface area (Å²) in [5, 5.41) is 15.9. The molecule has 2 rings (SSSR count). The minimum atomic E-state index is -0.670. The zero-order valence-electron chi connectivity index (χ0n) is 15.1. The Morgan fingerprint density at radius 2 is 1.77 bits per heavy atom. The van der Waals surface area contributed by atoms with Crippen LogP contribution in [-0.4, -0.2) is 43.5 Å². The van der Waals surface area contributed by atoms with Crippen molar-refractivity contribution in [3.8, 4) is 11.5 Å². The molecule has 140 valence electrons. The number of rotatable bonds is 10. The van der Waals surface area contributed by atoms with Crippen LogP contribution in [0.2, 0.25) is 0 Å². The quantitative estimate of drug-likeness (QED) is 0.564. The summed E-state index contributed by atoms with van der Waals surface area (Å²) in [6.07, 6.45) is -0.640. The SMILES string of the molecule is COc1ccc(CC(=O)NC(C)NCC(O)COc2ccccc2)cc1. The number of para-hydroxylation sites is 1. The van der Waals surface area contributed by atoms with Gasteiger partial charge in [0.2, 0.25) is 5.91 Å². The zero-order chi connectivity index (χ0) is 18.8. The van der Waals surface area contributed by atoms with Gasteiger partial charge in [0.15, 0.2) is 0 Å². The standard InChI is InChI=1S/C20H26N2O4/c1-15(21-13-17(23)14-26-19-6-4-3-5-7-19)22-20(24)12-16-8-10-18(25-2)11-9-16/h3-11,15,17,21,23H,12-14H2,1-2H3,(H,22,24). The van der Waals surface area contributed by atoms with Gasteiger partial charge < -0.3 is 19.9 Å². The number of hydrogen-bond acceptors (Lipinski definition) is 5. The van der Waals surface area contributed by atoms with E-state index >= 15 is 0 Å². The second-order valence-corrected chi connectivity index (χ2v) is 6.00. The molecule has 0 bridgehead atoms. The second kappa shape index (κ2) is 10.4. The van der Waals surface area contributed by atoms with Crippen LogP contribution in [0.4, 0.5) is 0 Å². The summed E-state index contributed by atoms with van der Waals surface area (Å²) in [6.45, 7) is 2.33. The van der Waals surface area contributed by atoms with Crippen LogP contribution >= 0.6 is 0 Å². The molecule has 2 aromatic carbocycles. The van der Waals surface area contributed by atoms with Crippen molar-refractivity contribution in [2.24, 2.45) is 0 Å². The summed E-state index contributed by atoms with van der Waals surface area (Å²) in [4.78, 5) is 12.1. The fourth-order valence-corrected chi connectivity index (χ4v) is 2.35. The van der Waals surface area contributed by atoms with Gasteiger partial charge in [-0.1, -0.05) is 30.3 Å². The minimum absolute atomic E-state index is 0.0924. The summed E-state index contributed by atoms with van der Waals surface area (Å²) in [7, 11) is 1.61. The molecular formula is C20H26N2O4. The molecule has 0 heterocycles. The summed E-state index contributed by atoms with van der Waals surface area (Å²) in [6, 6.07) is 16.7. The molecule has 1 amide bonds. The Morgan fingerprint density at radius 3 is 2.42 bits per heavy atom. The first-order valence-electron chi connectivity index (χ1n) is 8.58. The van der Waals surface area contributed by atoms with Gasteiger partial charge in [0.25, 0.3) is 0 Å². The number of carbonyl (C=O) groups excluding carboxylic acids is 1. The average molecular weight is 358 g/mol. The third-order valence-corrected chi connectivity index (χ3v) is 3.75. The molecule has 2 aromatic rings. The molecule has 0 aliphatic carbocycles. The summed E-state index contributed by atoms with van der Waals surface area (Å²) < 4.78 is 10.6. The fourth-order valence-electron chi connectivity index (χ4n) is 2.35. The summed E-state index contributed by atoms with van der Waals surface area (Å²) >= 11 is 0. The molecule has 0 fully saturated rings. The highest BCUT2D eigenvalue weighted by Gasteiger charge is 2.11. The van der Waals surface area contributed by atoms with Crippen molar-refractivity contribution in [3.63, 3.8) is 0 Å². The van der Waals surface area contributed by atoms with E-state index in [9.17, 15) is 9.90 Å². The third-order valence-electron chi connectivity index (χ3n) is 3.75. The molecule has 6 heteroatoms. The lowest BCUT2D eigenvalue weighted by molar-refractivity contribution is -0.121. The lowest BCUT2D eigenvalue weighted by Crippen LogP contribution is -2.47. The van der Waals surface area contributed by atoms with Crippen molar-refractivity contribution in [1.29, 1.82) is 0 Å². The van der Waals surface area contributed by atoms with Crippen LogP contribution in [0.1, 0.15) is 12.5 Å². The lowest BCUT2D eigenvalue weighted by Gasteiger charge is -2.19. The topological polar surface area (TPSA) is 79.8 Å². The van der Waals surface area contributed by atoms with Crippen LogP contribution in [0.25, 0.3) is 0 Å². The van der Waals surface area contributed by atoms with Crippen LogP contribution in [0.5, 0.6) is 11.5 Å². The Hall–Kier alpha value is -2.57. The Labute approximate surface area is 154 Å². The maximum Gasteiger partial charge on any atom is 0.225 e. The number of hydrogen-bond donors (Lipinski definition) is 3. The predicted octanol–water partition coefficient (Wildman–Crippen LogP) is 1.73. The first-order chi connectivity index (χ1) is 12.6. The second-order valence-electron chi connectivity index (χ2n) is 6.00. The van der Waals surface area contributed by atoms with Gasteiger partial charge >= 0.3 is 0 Å². The Kier molecular flexibility index (Phi) is 7.92. The van der Waals surface area contributed by atoms with Gasteiger partial charge in [-0.2, -0.15) is 0 Å². The molecule has 0 saturated carbocycles. The smallest absolute Gasteiger partial charge is 0.225 e. The van der Waals surface area contributed by atoms with Gasteiger partial charge in [-0.05, 0) is 36.8 Å².